The molecule has 0 heterocycles. The number of aliphatic carboxylic acids is 1. The van der Waals surface area contributed by atoms with Crippen molar-refractivity contribution < 1.29 is 9.90 Å². The van der Waals surface area contributed by atoms with Crippen LogP contribution in [0.25, 0.3) is 0 Å². The Morgan fingerprint density at radius 1 is 1.60 bits per heavy atom. The molecule has 0 aromatic carbocycles. The third-order valence-corrected chi connectivity index (χ3v) is 2.40. The Morgan fingerprint density at radius 3 is 2.60 bits per heavy atom. The van der Waals surface area contributed by atoms with Gasteiger partial charge < -0.3 is 21.9 Å². The Balaban J connectivity index is 3.88. The maximum Gasteiger partial charge on any atom is 0.323 e. The molecule has 0 radical (unpaired) electrons. The third-order valence-electron chi connectivity index (χ3n) is 2.40. The van der Waals surface area contributed by atoms with Crippen LogP contribution in [0.1, 0.15) is 26.2 Å². The molecule has 0 amide bonds. The van der Waals surface area contributed by atoms with Gasteiger partial charge in [-0.25, -0.2) is 0 Å². The molecule has 0 aliphatic carbocycles. The number of nitrogens with zero attached hydrogens (tertiary/aromatic N) is 1. The monoisotopic (exact) mass is 216 g/mol. The van der Waals surface area contributed by atoms with Crippen molar-refractivity contribution in [3.8, 4) is 0 Å². The highest BCUT2D eigenvalue weighted by Crippen LogP contribution is 2.13. The van der Waals surface area contributed by atoms with Crippen molar-refractivity contribution in [1.82, 2.24) is 5.32 Å². The molecular formula is C9H20N4O2. The Morgan fingerprint density at radius 2 is 2.20 bits per heavy atom. The molecule has 0 rings (SSSR count). The lowest BCUT2D eigenvalue weighted by atomic mass is 9.92. The fourth-order valence-corrected chi connectivity index (χ4v) is 1.13. The number of hydrogen-bond acceptors (Lipinski definition) is 3. The summed E-state index contributed by atoms with van der Waals surface area (Å²) in [5.41, 5.74) is 9.98. The van der Waals surface area contributed by atoms with Gasteiger partial charge in [0.1, 0.15) is 5.54 Å². The average Bonchev–Trinajstić information content (AvgIpc) is 2.23. The predicted molar refractivity (Wildman–Crippen MR) is 59.6 cm³/mol. The molecule has 0 bridgehead atoms. The number of hydrogen-bond donors (Lipinski definition) is 4. The highest BCUT2D eigenvalue weighted by atomic mass is 16.4. The molecule has 15 heavy (non-hydrogen) atoms. The van der Waals surface area contributed by atoms with Crippen molar-refractivity contribution in [3.63, 3.8) is 0 Å². The average molecular weight is 216 g/mol. The molecular weight excluding hydrogens is 196 g/mol. The quantitative estimate of drug-likeness (QED) is 0.271. The summed E-state index contributed by atoms with van der Waals surface area (Å²) >= 11 is 0. The molecule has 6 N–H and O–H groups in total. The number of carboxylic acids is 1. The summed E-state index contributed by atoms with van der Waals surface area (Å²) in [6.07, 6.45) is 1.48. The standard InChI is InChI=1S/C9H20N4O2/c1-3-9(11,7(14)15)5-4-6-13-8(10)12-2/h3-6,11H2,1-2H3,(H,14,15)(H3,10,12,13). The van der Waals surface area contributed by atoms with E-state index >= 15 is 0 Å². The van der Waals surface area contributed by atoms with Crippen molar-refractivity contribution in [1.29, 1.82) is 0 Å². The minimum Gasteiger partial charge on any atom is -0.480 e. The van der Waals surface area contributed by atoms with Crippen LogP contribution in [-0.2, 0) is 4.79 Å². The molecule has 0 saturated heterocycles. The zero-order valence-corrected chi connectivity index (χ0v) is 9.29. The van der Waals surface area contributed by atoms with E-state index in [-0.39, 0.29) is 0 Å². The largest absolute Gasteiger partial charge is 0.480 e. The van der Waals surface area contributed by atoms with Gasteiger partial charge in [-0.1, -0.05) is 6.92 Å². The fourth-order valence-electron chi connectivity index (χ4n) is 1.13. The van der Waals surface area contributed by atoms with E-state index in [1.54, 1.807) is 14.0 Å². The van der Waals surface area contributed by atoms with E-state index in [0.29, 0.717) is 31.8 Å². The number of carbonyl (C=O) groups is 1. The first-order chi connectivity index (χ1) is 6.96. The van der Waals surface area contributed by atoms with Crippen molar-refractivity contribution in [2.75, 3.05) is 13.6 Å². The maximum absolute atomic E-state index is 10.8. The lowest BCUT2D eigenvalue weighted by Gasteiger charge is -2.22. The van der Waals surface area contributed by atoms with Gasteiger partial charge in [-0.15, -0.1) is 0 Å². The number of guanidine groups is 1. The Labute approximate surface area is 89.7 Å². The first-order valence-corrected chi connectivity index (χ1v) is 4.94. The van der Waals surface area contributed by atoms with E-state index in [0.717, 1.165) is 0 Å². The molecule has 0 spiro atoms. The van der Waals surface area contributed by atoms with Crippen molar-refractivity contribution in [3.05, 3.63) is 0 Å². The van der Waals surface area contributed by atoms with Gasteiger partial charge in [0.15, 0.2) is 5.96 Å². The molecule has 0 aliphatic rings. The molecule has 1 unspecified atom stereocenters. The SMILES string of the molecule is CCC(N)(CCCNC(N)=NC)C(=O)O. The molecule has 6 nitrogen and oxygen atoms in total. The molecule has 0 aromatic rings. The van der Waals surface area contributed by atoms with Crippen LogP contribution in [0.3, 0.4) is 0 Å². The smallest absolute Gasteiger partial charge is 0.323 e. The first-order valence-electron chi connectivity index (χ1n) is 4.94. The van der Waals surface area contributed by atoms with Gasteiger partial charge in [0.2, 0.25) is 0 Å². The van der Waals surface area contributed by atoms with Crippen LogP contribution >= 0.6 is 0 Å². The van der Waals surface area contributed by atoms with Gasteiger partial charge in [0, 0.05) is 13.6 Å². The molecule has 0 fully saturated rings. The van der Waals surface area contributed by atoms with Crippen LogP contribution in [0.15, 0.2) is 4.99 Å². The molecule has 0 aromatic heterocycles. The number of nitrogens with two attached hydrogens (primary N) is 2. The number of aliphatic imine (C=N–C) groups is 1. The van der Waals surface area contributed by atoms with Gasteiger partial charge >= 0.3 is 5.97 Å². The van der Waals surface area contributed by atoms with E-state index in [2.05, 4.69) is 10.3 Å². The van der Waals surface area contributed by atoms with Gasteiger partial charge in [0.25, 0.3) is 0 Å². The second kappa shape index (κ2) is 6.23. The number of carboxylic acid groups (broad SMARTS) is 1. The Kier molecular flexibility index (Phi) is 5.69. The van der Waals surface area contributed by atoms with E-state index in [1.165, 1.54) is 0 Å². The number of rotatable bonds is 6. The van der Waals surface area contributed by atoms with Gasteiger partial charge in [0.05, 0.1) is 0 Å². The summed E-state index contributed by atoms with van der Waals surface area (Å²) in [6, 6.07) is 0. The zero-order valence-electron chi connectivity index (χ0n) is 9.29. The minimum absolute atomic E-state index is 0.351. The molecule has 1 atom stereocenters. The zero-order chi connectivity index (χ0) is 11.9. The van der Waals surface area contributed by atoms with Crippen molar-refractivity contribution >= 4 is 11.9 Å². The highest BCUT2D eigenvalue weighted by Gasteiger charge is 2.30. The molecule has 0 saturated carbocycles. The second-order valence-corrected chi connectivity index (χ2v) is 3.45. The third kappa shape index (κ3) is 4.64. The van der Waals surface area contributed by atoms with Crippen LogP contribution < -0.4 is 16.8 Å². The summed E-state index contributed by atoms with van der Waals surface area (Å²) in [6.45, 7) is 2.35. The maximum atomic E-state index is 10.8. The minimum atomic E-state index is -1.13. The Bertz CT molecular complexity index is 242. The highest BCUT2D eigenvalue weighted by molar-refractivity contribution is 5.78. The van der Waals surface area contributed by atoms with E-state index in [1.807, 2.05) is 0 Å². The van der Waals surface area contributed by atoms with Crippen molar-refractivity contribution in [2.45, 2.75) is 31.7 Å². The fraction of sp³-hybridized carbons (Fsp3) is 0.778. The predicted octanol–water partition coefficient (Wildman–Crippen LogP) is -0.507. The van der Waals surface area contributed by atoms with E-state index in [9.17, 15) is 4.79 Å². The normalized spacial score (nSPS) is 15.8. The number of nitrogens with one attached hydrogen (secondary N) is 1. The van der Waals surface area contributed by atoms with Gasteiger partial charge in [-0.3, -0.25) is 9.79 Å². The second-order valence-electron chi connectivity index (χ2n) is 3.45. The lowest BCUT2D eigenvalue weighted by Crippen LogP contribution is -2.47. The first kappa shape index (κ1) is 13.7. The van der Waals surface area contributed by atoms with Gasteiger partial charge in [-0.2, -0.15) is 0 Å². The summed E-state index contributed by atoms with van der Waals surface area (Å²) in [4.78, 5) is 14.6. The van der Waals surface area contributed by atoms with Crippen molar-refractivity contribution in [2.24, 2.45) is 16.5 Å². The van der Waals surface area contributed by atoms with Crippen LogP contribution in [-0.4, -0.2) is 36.2 Å². The van der Waals surface area contributed by atoms with Crippen LogP contribution in [0.2, 0.25) is 0 Å². The van der Waals surface area contributed by atoms with Crippen LogP contribution in [0, 0.1) is 0 Å². The molecule has 88 valence electrons. The molecule has 6 heteroatoms. The van der Waals surface area contributed by atoms with Crippen LogP contribution in [0.4, 0.5) is 0 Å². The van der Waals surface area contributed by atoms with E-state index < -0.39 is 11.5 Å². The summed E-state index contributed by atoms with van der Waals surface area (Å²) < 4.78 is 0. The summed E-state index contributed by atoms with van der Waals surface area (Å²) in [5, 5.41) is 11.7. The van der Waals surface area contributed by atoms with E-state index in [4.69, 9.17) is 16.6 Å². The lowest BCUT2D eigenvalue weighted by molar-refractivity contribution is -0.143. The van der Waals surface area contributed by atoms with Crippen LogP contribution in [0.5, 0.6) is 0 Å². The van der Waals surface area contributed by atoms with Gasteiger partial charge in [-0.05, 0) is 19.3 Å². The Hall–Kier alpha value is -1.30. The summed E-state index contributed by atoms with van der Waals surface area (Å²) in [5.74, 6) is -0.605. The summed E-state index contributed by atoms with van der Waals surface area (Å²) in [7, 11) is 1.58. The molecule has 0 aliphatic heterocycles. The topological polar surface area (TPSA) is 114 Å².